The zero-order valence-corrected chi connectivity index (χ0v) is 18.0. The summed E-state index contributed by atoms with van der Waals surface area (Å²) in [6.45, 7) is 0. The molecule has 0 spiro atoms. The normalized spacial score (nSPS) is 12.1. The average molecular weight is 463 g/mol. The van der Waals surface area contributed by atoms with E-state index in [2.05, 4.69) is 10.0 Å². The largest absolute Gasteiger partial charge is 0.469 e. The Kier molecular flexibility index (Phi) is 7.03. The van der Waals surface area contributed by atoms with Gasteiger partial charge in [-0.05, 0) is 60.0 Å². The Bertz CT molecular complexity index is 1150. The van der Waals surface area contributed by atoms with Crippen LogP contribution in [0, 0.1) is 5.82 Å². The molecule has 2 aromatic carbocycles. The number of sulfonamides is 1. The summed E-state index contributed by atoms with van der Waals surface area (Å²) >= 11 is 1.41. The molecule has 10 heteroatoms. The van der Waals surface area contributed by atoms with Crippen LogP contribution < -0.4 is 10.0 Å². The summed E-state index contributed by atoms with van der Waals surface area (Å²) < 4.78 is 44.9. The average Bonchev–Trinajstić information content (AvgIpc) is 3.28. The van der Waals surface area contributed by atoms with Gasteiger partial charge in [-0.3, -0.25) is 14.3 Å². The van der Waals surface area contributed by atoms with Crippen molar-refractivity contribution < 1.29 is 27.1 Å². The van der Waals surface area contributed by atoms with E-state index in [-0.39, 0.29) is 22.6 Å². The third kappa shape index (κ3) is 5.89. The molecule has 31 heavy (non-hydrogen) atoms. The van der Waals surface area contributed by atoms with Crippen LogP contribution in [0.5, 0.6) is 0 Å². The molecule has 0 radical (unpaired) electrons. The highest BCUT2D eigenvalue weighted by molar-refractivity contribution is 7.92. The summed E-state index contributed by atoms with van der Waals surface area (Å²) in [4.78, 5) is 25.1. The number of hydrogen-bond donors (Lipinski definition) is 2. The molecule has 1 heterocycles. The summed E-state index contributed by atoms with van der Waals surface area (Å²) in [5.41, 5.74) is 0.529. The van der Waals surface area contributed by atoms with Crippen LogP contribution >= 0.6 is 11.3 Å². The molecule has 1 aromatic heterocycles. The quantitative estimate of drug-likeness (QED) is 0.497. The zero-order chi connectivity index (χ0) is 22.4. The lowest BCUT2D eigenvalue weighted by atomic mass is 10.1. The Morgan fingerprint density at radius 2 is 1.74 bits per heavy atom. The molecule has 0 fully saturated rings. The van der Waals surface area contributed by atoms with E-state index >= 15 is 0 Å². The molecule has 3 rings (SSSR count). The van der Waals surface area contributed by atoms with Gasteiger partial charge in [-0.15, -0.1) is 11.3 Å². The minimum absolute atomic E-state index is 0.0156. The molecule has 0 saturated heterocycles. The van der Waals surface area contributed by atoms with Gasteiger partial charge in [-0.1, -0.05) is 6.07 Å². The first kappa shape index (κ1) is 22.4. The molecule has 0 aliphatic heterocycles. The number of rotatable bonds is 8. The molecule has 1 unspecified atom stereocenters. The van der Waals surface area contributed by atoms with Gasteiger partial charge in [0.25, 0.3) is 15.9 Å². The number of ether oxygens (including phenoxy) is 1. The smallest absolute Gasteiger partial charge is 0.307 e. The molecule has 1 atom stereocenters. The number of halogens is 1. The van der Waals surface area contributed by atoms with E-state index in [1.807, 2.05) is 17.5 Å². The van der Waals surface area contributed by atoms with Crippen LogP contribution in [0.2, 0.25) is 0 Å². The summed E-state index contributed by atoms with van der Waals surface area (Å²) in [6, 6.07) is 13.3. The monoisotopic (exact) mass is 462 g/mol. The molecule has 162 valence electrons. The van der Waals surface area contributed by atoms with E-state index in [1.165, 1.54) is 42.7 Å². The van der Waals surface area contributed by atoms with E-state index in [0.29, 0.717) is 0 Å². The molecule has 2 N–H and O–H groups in total. The van der Waals surface area contributed by atoms with E-state index in [0.717, 1.165) is 29.1 Å². The van der Waals surface area contributed by atoms with E-state index in [9.17, 15) is 22.4 Å². The topological polar surface area (TPSA) is 102 Å². The number of carbonyl (C=O) groups excluding carboxylic acids is 2. The molecule has 3 aromatic rings. The lowest BCUT2D eigenvalue weighted by Gasteiger charge is -2.16. The van der Waals surface area contributed by atoms with Gasteiger partial charge in [0, 0.05) is 16.1 Å². The molecular formula is C21H19FN2O5S2. The first-order chi connectivity index (χ1) is 14.8. The van der Waals surface area contributed by atoms with Crippen LogP contribution in [0.25, 0.3) is 0 Å². The number of nitrogens with one attached hydrogen (secondary N) is 2. The number of thiophene rings is 1. The maximum absolute atomic E-state index is 13.0. The molecular weight excluding hydrogens is 443 g/mol. The van der Waals surface area contributed by atoms with Crippen molar-refractivity contribution in [1.82, 2.24) is 5.32 Å². The van der Waals surface area contributed by atoms with Gasteiger partial charge in [0.15, 0.2) is 0 Å². The predicted molar refractivity (Wildman–Crippen MR) is 115 cm³/mol. The second kappa shape index (κ2) is 9.71. The van der Waals surface area contributed by atoms with Crippen LogP contribution in [-0.2, 0) is 19.6 Å². The minimum atomic E-state index is -3.90. The maximum Gasteiger partial charge on any atom is 0.307 e. The fourth-order valence-corrected chi connectivity index (χ4v) is 4.56. The zero-order valence-electron chi connectivity index (χ0n) is 16.4. The van der Waals surface area contributed by atoms with E-state index < -0.39 is 33.8 Å². The SMILES string of the molecule is COC(=O)CC(NC(=O)c1ccc(NS(=O)(=O)c2ccc(F)cc2)cc1)c1cccs1. The van der Waals surface area contributed by atoms with Crippen molar-refractivity contribution in [2.24, 2.45) is 0 Å². The number of methoxy groups -OCH3 is 1. The van der Waals surface area contributed by atoms with Crippen molar-refractivity contribution in [3.63, 3.8) is 0 Å². The van der Waals surface area contributed by atoms with Crippen LogP contribution in [0.4, 0.5) is 10.1 Å². The van der Waals surface area contributed by atoms with Gasteiger partial charge < -0.3 is 10.1 Å². The molecule has 0 aliphatic carbocycles. The van der Waals surface area contributed by atoms with Crippen LogP contribution in [0.15, 0.2) is 70.9 Å². The molecule has 7 nitrogen and oxygen atoms in total. The van der Waals surface area contributed by atoms with Gasteiger partial charge in [0.05, 0.1) is 24.5 Å². The number of benzene rings is 2. The van der Waals surface area contributed by atoms with Gasteiger partial charge >= 0.3 is 5.97 Å². The number of esters is 1. The first-order valence-corrected chi connectivity index (χ1v) is 11.4. The van der Waals surface area contributed by atoms with Gasteiger partial charge in [-0.2, -0.15) is 0 Å². The van der Waals surface area contributed by atoms with Gasteiger partial charge in [0.1, 0.15) is 5.82 Å². The number of carbonyl (C=O) groups is 2. The summed E-state index contributed by atoms with van der Waals surface area (Å²) in [6.07, 6.45) is -0.0156. The van der Waals surface area contributed by atoms with Crippen molar-refractivity contribution in [3.05, 3.63) is 82.3 Å². The molecule has 0 saturated carbocycles. The Labute approximate surface area is 182 Å². The number of hydrogen-bond acceptors (Lipinski definition) is 6. The summed E-state index contributed by atoms with van der Waals surface area (Å²) in [5, 5.41) is 4.64. The molecule has 0 bridgehead atoms. The molecule has 1 amide bonds. The van der Waals surface area contributed by atoms with Crippen LogP contribution in [0.1, 0.15) is 27.7 Å². The van der Waals surface area contributed by atoms with Crippen molar-refractivity contribution in [1.29, 1.82) is 0 Å². The van der Waals surface area contributed by atoms with Crippen molar-refractivity contribution in [2.75, 3.05) is 11.8 Å². The lowest BCUT2D eigenvalue weighted by molar-refractivity contribution is -0.141. The van der Waals surface area contributed by atoms with Crippen molar-refractivity contribution >= 4 is 38.9 Å². The summed E-state index contributed by atoms with van der Waals surface area (Å²) in [5.74, 6) is -1.41. The fraction of sp³-hybridized carbons (Fsp3) is 0.143. The lowest BCUT2D eigenvalue weighted by Crippen LogP contribution is -2.30. The Hall–Kier alpha value is -3.24. The highest BCUT2D eigenvalue weighted by atomic mass is 32.2. The van der Waals surface area contributed by atoms with Crippen molar-refractivity contribution in [2.45, 2.75) is 17.4 Å². The second-order valence-corrected chi connectivity index (χ2v) is 9.12. The Balaban J connectivity index is 1.70. The van der Waals surface area contributed by atoms with Crippen LogP contribution in [0.3, 0.4) is 0 Å². The van der Waals surface area contributed by atoms with E-state index in [4.69, 9.17) is 4.74 Å². The third-order valence-corrected chi connectivity index (χ3v) is 6.70. The van der Waals surface area contributed by atoms with Gasteiger partial charge in [-0.25, -0.2) is 12.8 Å². The summed E-state index contributed by atoms with van der Waals surface area (Å²) in [7, 11) is -2.62. The minimum Gasteiger partial charge on any atom is -0.469 e. The van der Waals surface area contributed by atoms with Gasteiger partial charge in [0.2, 0.25) is 0 Å². The van der Waals surface area contributed by atoms with Crippen LogP contribution in [-0.4, -0.2) is 27.4 Å². The highest BCUT2D eigenvalue weighted by Gasteiger charge is 2.21. The highest BCUT2D eigenvalue weighted by Crippen LogP contribution is 2.23. The first-order valence-electron chi connectivity index (χ1n) is 9.08. The Morgan fingerprint density at radius 3 is 2.32 bits per heavy atom. The van der Waals surface area contributed by atoms with E-state index in [1.54, 1.807) is 0 Å². The third-order valence-electron chi connectivity index (χ3n) is 4.31. The number of amides is 1. The predicted octanol–water partition coefficient (Wildman–Crippen LogP) is 3.72. The molecule has 0 aliphatic rings. The van der Waals surface area contributed by atoms with Crippen molar-refractivity contribution in [3.8, 4) is 0 Å². The number of anilines is 1. The second-order valence-electron chi connectivity index (χ2n) is 6.46. The Morgan fingerprint density at radius 1 is 1.06 bits per heavy atom. The fourth-order valence-electron chi connectivity index (χ4n) is 2.72. The standard InChI is InChI=1S/C21H19FN2O5S2/c1-29-20(25)13-18(19-3-2-12-30-19)23-21(26)14-4-8-16(9-5-14)24-31(27,28)17-10-6-15(22)7-11-17/h2-12,18,24H,13H2,1H3,(H,23,26). The maximum atomic E-state index is 13.0.